The minimum Gasteiger partial charge on any atom is -0.489 e. The Kier molecular flexibility index (Phi) is 7.90. The maximum absolute atomic E-state index is 5.82. The summed E-state index contributed by atoms with van der Waals surface area (Å²) in [5.74, 6) is 1.70. The molecule has 3 rings (SSSR count). The standard InChI is InChI=1S/C19H21Br2N5OS/c1-13(2)27-18-16(20)10-14(11-17(18)21)12-22-8-9-28-19-23-24-25-26(19)15-6-4-3-5-7-15/h3-7,10-11,13,22H,8-9,12H2,1-2H3. The lowest BCUT2D eigenvalue weighted by molar-refractivity contribution is 0.239. The summed E-state index contributed by atoms with van der Waals surface area (Å²) in [6, 6.07) is 14.1. The zero-order valence-electron chi connectivity index (χ0n) is 15.6. The average Bonchev–Trinajstić information content (AvgIpc) is 3.13. The van der Waals surface area contributed by atoms with Gasteiger partial charge in [0, 0.05) is 18.8 Å². The van der Waals surface area contributed by atoms with E-state index in [0.717, 1.165) is 44.4 Å². The summed E-state index contributed by atoms with van der Waals surface area (Å²) in [4.78, 5) is 0. The number of hydrogen-bond donors (Lipinski definition) is 1. The highest BCUT2D eigenvalue weighted by Gasteiger charge is 2.11. The van der Waals surface area contributed by atoms with Crippen LogP contribution in [0.15, 0.2) is 56.6 Å². The fourth-order valence-electron chi connectivity index (χ4n) is 2.51. The number of ether oxygens (including phenoxy) is 1. The Morgan fingerprint density at radius 1 is 1.14 bits per heavy atom. The Labute approximate surface area is 185 Å². The summed E-state index contributed by atoms with van der Waals surface area (Å²) in [6.45, 7) is 5.63. The van der Waals surface area contributed by atoms with Crippen molar-refractivity contribution in [2.24, 2.45) is 0 Å². The van der Waals surface area contributed by atoms with Crippen molar-refractivity contribution in [1.29, 1.82) is 0 Å². The van der Waals surface area contributed by atoms with Gasteiger partial charge in [0.15, 0.2) is 0 Å². The molecule has 0 radical (unpaired) electrons. The molecular weight excluding hydrogens is 506 g/mol. The highest BCUT2D eigenvalue weighted by atomic mass is 79.9. The van der Waals surface area contributed by atoms with Gasteiger partial charge < -0.3 is 10.1 Å². The van der Waals surface area contributed by atoms with Gasteiger partial charge in [-0.05, 0) is 86.0 Å². The summed E-state index contributed by atoms with van der Waals surface area (Å²) in [5, 5.41) is 16.2. The third-order valence-corrected chi connectivity index (χ3v) is 5.79. The van der Waals surface area contributed by atoms with Crippen LogP contribution in [-0.4, -0.2) is 38.6 Å². The molecule has 9 heteroatoms. The quantitative estimate of drug-likeness (QED) is 0.317. The first-order valence-corrected chi connectivity index (χ1v) is 11.4. The maximum atomic E-state index is 5.82. The first-order valence-electron chi connectivity index (χ1n) is 8.86. The van der Waals surface area contributed by atoms with Gasteiger partial charge in [-0.3, -0.25) is 0 Å². The Hall–Kier alpha value is -1.42. The summed E-state index contributed by atoms with van der Waals surface area (Å²) >= 11 is 8.81. The smallest absolute Gasteiger partial charge is 0.214 e. The van der Waals surface area contributed by atoms with Crippen molar-refractivity contribution in [2.75, 3.05) is 12.3 Å². The number of para-hydroxylation sites is 1. The lowest BCUT2D eigenvalue weighted by atomic mass is 10.2. The molecule has 0 saturated heterocycles. The van der Waals surface area contributed by atoms with Crippen molar-refractivity contribution in [3.63, 3.8) is 0 Å². The lowest BCUT2D eigenvalue weighted by Crippen LogP contribution is -2.17. The SMILES string of the molecule is CC(C)Oc1c(Br)cc(CNCCSc2nnnn2-c2ccccc2)cc1Br. The van der Waals surface area contributed by atoms with Crippen LogP contribution in [0.3, 0.4) is 0 Å². The number of hydrogen-bond acceptors (Lipinski definition) is 6. The molecule has 0 aliphatic carbocycles. The van der Waals surface area contributed by atoms with Crippen LogP contribution in [0, 0.1) is 0 Å². The van der Waals surface area contributed by atoms with Gasteiger partial charge in [0.25, 0.3) is 0 Å². The van der Waals surface area contributed by atoms with Crippen LogP contribution in [-0.2, 0) is 6.54 Å². The van der Waals surface area contributed by atoms with E-state index in [4.69, 9.17) is 4.74 Å². The summed E-state index contributed by atoms with van der Waals surface area (Å²) < 4.78 is 9.48. The second-order valence-electron chi connectivity index (χ2n) is 6.29. The normalized spacial score (nSPS) is 11.2. The number of halogens is 2. The predicted octanol–water partition coefficient (Wildman–Crippen LogP) is 4.86. The second-order valence-corrected chi connectivity index (χ2v) is 9.06. The van der Waals surface area contributed by atoms with E-state index in [2.05, 4.69) is 64.8 Å². The topological polar surface area (TPSA) is 64.9 Å². The van der Waals surface area contributed by atoms with E-state index in [9.17, 15) is 0 Å². The minimum absolute atomic E-state index is 0.126. The van der Waals surface area contributed by atoms with E-state index in [1.54, 1.807) is 16.4 Å². The molecule has 0 fully saturated rings. The van der Waals surface area contributed by atoms with E-state index < -0.39 is 0 Å². The van der Waals surface area contributed by atoms with E-state index in [1.165, 1.54) is 5.56 Å². The van der Waals surface area contributed by atoms with Crippen molar-refractivity contribution in [3.05, 3.63) is 57.0 Å². The number of thioether (sulfide) groups is 1. The van der Waals surface area contributed by atoms with E-state index in [0.29, 0.717) is 0 Å². The molecule has 0 saturated carbocycles. The van der Waals surface area contributed by atoms with Gasteiger partial charge in [-0.2, -0.15) is 4.68 Å². The van der Waals surface area contributed by atoms with Crippen LogP contribution in [0.1, 0.15) is 19.4 Å². The number of rotatable bonds is 9. The van der Waals surface area contributed by atoms with Gasteiger partial charge in [-0.15, -0.1) is 5.10 Å². The van der Waals surface area contributed by atoms with Gasteiger partial charge in [0.2, 0.25) is 5.16 Å². The summed E-state index contributed by atoms with van der Waals surface area (Å²) in [5.41, 5.74) is 2.13. The molecule has 3 aromatic rings. The first-order chi connectivity index (χ1) is 13.5. The van der Waals surface area contributed by atoms with Gasteiger partial charge >= 0.3 is 0 Å². The van der Waals surface area contributed by atoms with Crippen LogP contribution in [0.5, 0.6) is 5.75 Å². The molecule has 0 atom stereocenters. The molecule has 28 heavy (non-hydrogen) atoms. The molecule has 1 heterocycles. The van der Waals surface area contributed by atoms with Crippen molar-refractivity contribution >= 4 is 43.6 Å². The lowest BCUT2D eigenvalue weighted by Gasteiger charge is -2.15. The van der Waals surface area contributed by atoms with E-state index >= 15 is 0 Å². The number of nitrogens with one attached hydrogen (secondary N) is 1. The zero-order valence-corrected chi connectivity index (χ0v) is 19.6. The minimum atomic E-state index is 0.126. The van der Waals surface area contributed by atoms with Crippen LogP contribution >= 0.6 is 43.6 Å². The Bertz CT molecular complexity index is 881. The Balaban J connectivity index is 1.49. The van der Waals surface area contributed by atoms with Crippen molar-refractivity contribution in [1.82, 2.24) is 25.5 Å². The molecule has 0 aliphatic heterocycles. The third-order valence-electron chi connectivity index (χ3n) is 3.69. The summed E-state index contributed by atoms with van der Waals surface area (Å²) in [6.07, 6.45) is 0.126. The largest absolute Gasteiger partial charge is 0.489 e. The molecule has 6 nitrogen and oxygen atoms in total. The number of tetrazole rings is 1. The molecule has 0 spiro atoms. The molecule has 0 bridgehead atoms. The van der Waals surface area contributed by atoms with Crippen LogP contribution in [0.25, 0.3) is 5.69 Å². The zero-order chi connectivity index (χ0) is 19.9. The number of nitrogens with zero attached hydrogens (tertiary/aromatic N) is 4. The third kappa shape index (κ3) is 5.79. The van der Waals surface area contributed by atoms with Crippen molar-refractivity contribution in [2.45, 2.75) is 31.7 Å². The number of aromatic nitrogens is 4. The molecule has 1 N–H and O–H groups in total. The molecule has 2 aromatic carbocycles. The van der Waals surface area contributed by atoms with E-state index in [1.807, 2.05) is 44.2 Å². The molecule has 0 aliphatic rings. The Morgan fingerprint density at radius 3 is 2.54 bits per heavy atom. The van der Waals surface area contributed by atoms with Gasteiger partial charge in [0.1, 0.15) is 5.75 Å². The van der Waals surface area contributed by atoms with Crippen molar-refractivity contribution < 1.29 is 4.74 Å². The molecule has 1 aromatic heterocycles. The van der Waals surface area contributed by atoms with Gasteiger partial charge in [-0.1, -0.05) is 30.0 Å². The van der Waals surface area contributed by atoms with Crippen molar-refractivity contribution in [3.8, 4) is 11.4 Å². The maximum Gasteiger partial charge on any atom is 0.214 e. The highest BCUT2D eigenvalue weighted by molar-refractivity contribution is 9.11. The molecular formula is C19H21Br2N5OS. The van der Waals surface area contributed by atoms with E-state index in [-0.39, 0.29) is 6.10 Å². The number of benzene rings is 2. The Morgan fingerprint density at radius 2 is 1.86 bits per heavy atom. The molecule has 148 valence electrons. The van der Waals surface area contributed by atoms with Crippen LogP contribution in [0.4, 0.5) is 0 Å². The van der Waals surface area contributed by atoms with Gasteiger partial charge in [-0.25, -0.2) is 0 Å². The molecule has 0 unspecified atom stereocenters. The molecule has 0 amide bonds. The first kappa shape index (κ1) is 21.3. The highest BCUT2D eigenvalue weighted by Crippen LogP contribution is 2.35. The predicted molar refractivity (Wildman–Crippen MR) is 119 cm³/mol. The van der Waals surface area contributed by atoms with Crippen LogP contribution < -0.4 is 10.1 Å². The fraction of sp³-hybridized carbons (Fsp3) is 0.316. The second kappa shape index (κ2) is 10.4. The van der Waals surface area contributed by atoms with Gasteiger partial charge in [0.05, 0.1) is 20.7 Å². The summed E-state index contributed by atoms with van der Waals surface area (Å²) in [7, 11) is 0. The average molecular weight is 527 g/mol. The monoisotopic (exact) mass is 525 g/mol. The fourth-order valence-corrected chi connectivity index (χ4v) is 4.77. The van der Waals surface area contributed by atoms with Crippen LogP contribution in [0.2, 0.25) is 0 Å².